The van der Waals surface area contributed by atoms with E-state index in [1.165, 1.54) is 11.8 Å². The van der Waals surface area contributed by atoms with Gasteiger partial charge in [0, 0.05) is 6.42 Å². The first-order chi connectivity index (χ1) is 28.0. The number of alkyl halides is 3. The molecule has 0 amide bonds. The third-order valence-corrected chi connectivity index (χ3v) is 8.91. The van der Waals surface area contributed by atoms with E-state index < -0.39 is 36.2 Å². The Balaban J connectivity index is 0.000000627. The number of halogens is 3. The van der Waals surface area contributed by atoms with E-state index in [9.17, 15) is 22.8 Å². The molecule has 0 saturated heterocycles. The number of carbonyl (C=O) groups is 2. The van der Waals surface area contributed by atoms with Crippen molar-refractivity contribution in [2.45, 2.75) is 57.7 Å². The van der Waals surface area contributed by atoms with Crippen molar-refractivity contribution in [1.82, 2.24) is 9.78 Å². The van der Waals surface area contributed by atoms with Gasteiger partial charge in [0.15, 0.2) is 12.0 Å². The molecule has 1 aromatic heterocycles. The molecule has 0 bridgehead atoms. The molecule has 0 aliphatic heterocycles. The van der Waals surface area contributed by atoms with Crippen LogP contribution in [0.5, 0.6) is 11.6 Å². The van der Waals surface area contributed by atoms with Crippen LogP contribution >= 0.6 is 0 Å². The Hall–Kier alpha value is -6.40. The van der Waals surface area contributed by atoms with Gasteiger partial charge in [0.25, 0.3) is 0 Å². The van der Waals surface area contributed by atoms with Gasteiger partial charge in [-0.2, -0.15) is 18.3 Å². The molecular formula is C46H45F3N2O7. The third kappa shape index (κ3) is 13.1. The summed E-state index contributed by atoms with van der Waals surface area (Å²) in [6, 6.07) is 42.8. The number of nitrogens with zero attached hydrogens (tertiary/aromatic N) is 2. The predicted octanol–water partition coefficient (Wildman–Crippen LogP) is 9.92. The lowest BCUT2D eigenvalue weighted by molar-refractivity contribution is -0.142. The molecule has 58 heavy (non-hydrogen) atoms. The molecule has 1 N–H and O–H groups in total. The molecule has 302 valence electrons. The molecule has 0 spiro atoms. The second-order valence-corrected chi connectivity index (χ2v) is 13.3. The number of rotatable bonds is 17. The highest BCUT2D eigenvalue weighted by atomic mass is 19.4. The van der Waals surface area contributed by atoms with E-state index in [0.29, 0.717) is 28.9 Å². The van der Waals surface area contributed by atoms with Crippen LogP contribution in [-0.4, -0.2) is 52.9 Å². The van der Waals surface area contributed by atoms with E-state index in [4.69, 9.17) is 24.1 Å². The highest BCUT2D eigenvalue weighted by molar-refractivity contribution is 5.89. The molecule has 2 unspecified atom stereocenters. The summed E-state index contributed by atoms with van der Waals surface area (Å²) in [4.78, 5) is 23.0. The van der Waals surface area contributed by atoms with Crippen molar-refractivity contribution >= 4 is 11.9 Å². The van der Waals surface area contributed by atoms with Crippen molar-refractivity contribution in [3.8, 4) is 11.6 Å². The van der Waals surface area contributed by atoms with Crippen LogP contribution in [0, 0.1) is 0 Å². The highest BCUT2D eigenvalue weighted by Crippen LogP contribution is 2.38. The molecule has 6 aromatic rings. The first-order valence-electron chi connectivity index (χ1n) is 18.7. The summed E-state index contributed by atoms with van der Waals surface area (Å²) in [5.74, 6) is -0.841. The van der Waals surface area contributed by atoms with Crippen molar-refractivity contribution in [2.24, 2.45) is 0 Å². The van der Waals surface area contributed by atoms with Crippen LogP contribution in [0.1, 0.15) is 68.4 Å². The van der Waals surface area contributed by atoms with Gasteiger partial charge in [0.2, 0.25) is 5.88 Å². The van der Waals surface area contributed by atoms with Crippen LogP contribution in [0.3, 0.4) is 0 Å². The van der Waals surface area contributed by atoms with Gasteiger partial charge in [-0.25, -0.2) is 14.3 Å². The Kier molecular flexibility index (Phi) is 15.6. The summed E-state index contributed by atoms with van der Waals surface area (Å²) < 4.78 is 68.1. The number of aryl methyl sites for hydroxylation is 1. The summed E-state index contributed by atoms with van der Waals surface area (Å²) in [7, 11) is 1.52. The fourth-order valence-corrected chi connectivity index (χ4v) is 6.05. The lowest BCUT2D eigenvalue weighted by Crippen LogP contribution is -2.30. The van der Waals surface area contributed by atoms with E-state index in [1.807, 2.05) is 60.7 Å². The number of aromatic nitrogens is 2. The first kappa shape index (κ1) is 42.7. The molecule has 0 aliphatic carbocycles. The number of aromatic carboxylic acids is 1. The van der Waals surface area contributed by atoms with Crippen LogP contribution < -0.4 is 9.47 Å². The molecule has 6 rings (SSSR count). The zero-order valence-corrected chi connectivity index (χ0v) is 32.2. The topological polar surface area (TPSA) is 109 Å². The van der Waals surface area contributed by atoms with Gasteiger partial charge in [0.1, 0.15) is 12.4 Å². The lowest BCUT2D eigenvalue weighted by Gasteiger charge is -2.24. The van der Waals surface area contributed by atoms with Gasteiger partial charge in [-0.05, 0) is 79.3 Å². The average molecular weight is 795 g/mol. The number of hydrogen-bond acceptors (Lipinski definition) is 7. The van der Waals surface area contributed by atoms with Crippen molar-refractivity contribution in [2.75, 3.05) is 13.7 Å². The number of hydrogen-bond donors (Lipinski definition) is 1. The summed E-state index contributed by atoms with van der Waals surface area (Å²) in [5.41, 5.74) is 2.12. The van der Waals surface area contributed by atoms with Crippen LogP contribution in [0.2, 0.25) is 0 Å². The number of carboxylic acids is 1. The van der Waals surface area contributed by atoms with Gasteiger partial charge >= 0.3 is 18.1 Å². The van der Waals surface area contributed by atoms with Gasteiger partial charge in [-0.1, -0.05) is 109 Å². The lowest BCUT2D eigenvalue weighted by atomic mass is 10.0. The fourth-order valence-electron chi connectivity index (χ4n) is 6.05. The largest absolute Gasteiger partial charge is 0.497 e. The molecular weight excluding hydrogens is 750 g/mol. The minimum Gasteiger partial charge on any atom is -0.497 e. The number of carboxylic acid groups (broad SMARTS) is 1. The molecule has 0 aliphatic rings. The quantitative estimate of drug-likeness (QED) is 0.0718. The maximum Gasteiger partial charge on any atom is 0.435 e. The molecule has 0 saturated carbocycles. The number of benzene rings is 5. The fraction of sp³-hybridized carbons (Fsp3) is 0.239. The van der Waals surface area contributed by atoms with E-state index >= 15 is 0 Å². The monoisotopic (exact) mass is 794 g/mol. The number of ether oxygens (including phenoxy) is 4. The number of esters is 1. The first-order valence-corrected chi connectivity index (χ1v) is 18.7. The molecule has 5 aromatic carbocycles. The molecule has 9 nitrogen and oxygen atoms in total. The Labute approximate surface area is 335 Å². The van der Waals surface area contributed by atoms with Gasteiger partial charge in [-0.3, -0.25) is 0 Å². The second-order valence-electron chi connectivity index (χ2n) is 13.3. The Morgan fingerprint density at radius 3 is 1.83 bits per heavy atom. The minimum absolute atomic E-state index is 0.0454. The maximum absolute atomic E-state index is 14.5. The van der Waals surface area contributed by atoms with Crippen molar-refractivity contribution in [1.29, 1.82) is 0 Å². The average Bonchev–Trinajstić information content (AvgIpc) is 3.57. The minimum atomic E-state index is -4.74. The van der Waals surface area contributed by atoms with Gasteiger partial charge in [0.05, 0.1) is 36.4 Å². The summed E-state index contributed by atoms with van der Waals surface area (Å²) in [6.07, 6.45) is -4.43. The Morgan fingerprint density at radius 1 is 0.741 bits per heavy atom. The maximum atomic E-state index is 14.5. The predicted molar refractivity (Wildman–Crippen MR) is 213 cm³/mol. The van der Waals surface area contributed by atoms with Gasteiger partial charge in [-0.15, -0.1) is 0 Å². The number of carbonyl (C=O) groups excluding carboxylic acids is 1. The van der Waals surface area contributed by atoms with E-state index in [0.717, 1.165) is 24.0 Å². The van der Waals surface area contributed by atoms with E-state index in [-0.39, 0.29) is 31.0 Å². The van der Waals surface area contributed by atoms with Crippen LogP contribution in [0.15, 0.2) is 146 Å². The normalized spacial score (nSPS) is 12.1. The molecule has 2 atom stereocenters. The van der Waals surface area contributed by atoms with Crippen LogP contribution in [0.25, 0.3) is 0 Å². The second kappa shape index (κ2) is 21.2. The smallest absolute Gasteiger partial charge is 0.435 e. The summed E-state index contributed by atoms with van der Waals surface area (Å²) in [6.45, 7) is 1.60. The zero-order chi connectivity index (χ0) is 41.3. The standard InChI is InChI=1S/C39H39F3N2O5.C7H6O2/c1-28(48-34(20-12-17-29-13-6-3-7-14-29)27-47-38(45)32-18-10-5-11-19-32)49-37-35(25-30-21-23-33(46-2)24-22-30)36(39(40,41)42)43-44(37)26-31-15-8-4-9-16-31;8-7(9)6-4-2-1-3-5-6/h3-11,13-16,18-19,21-24,28,34H,12,17,20,25-27H2,1-2H3;1-5H,(H,8,9). The van der Waals surface area contributed by atoms with Crippen molar-refractivity contribution < 1.29 is 46.8 Å². The van der Waals surface area contributed by atoms with E-state index in [1.54, 1.807) is 91.9 Å². The summed E-state index contributed by atoms with van der Waals surface area (Å²) >= 11 is 0. The highest BCUT2D eigenvalue weighted by Gasteiger charge is 2.40. The van der Waals surface area contributed by atoms with Crippen molar-refractivity contribution in [3.63, 3.8) is 0 Å². The molecule has 1 heterocycles. The van der Waals surface area contributed by atoms with E-state index in [2.05, 4.69) is 5.10 Å². The Morgan fingerprint density at radius 2 is 1.29 bits per heavy atom. The molecule has 0 fully saturated rings. The molecule has 12 heteroatoms. The summed E-state index contributed by atoms with van der Waals surface area (Å²) in [5, 5.41) is 12.4. The Bertz CT molecular complexity index is 2150. The van der Waals surface area contributed by atoms with Gasteiger partial charge < -0.3 is 24.1 Å². The van der Waals surface area contributed by atoms with Crippen molar-refractivity contribution in [3.05, 3.63) is 185 Å². The zero-order valence-electron chi connectivity index (χ0n) is 32.2. The third-order valence-electron chi connectivity index (χ3n) is 8.91. The van der Waals surface area contributed by atoms with Crippen LogP contribution in [0.4, 0.5) is 13.2 Å². The molecule has 0 radical (unpaired) electrons. The SMILES string of the molecule is COc1ccc(Cc2c(C(F)(F)F)nn(Cc3ccccc3)c2OC(C)OC(CCCc2ccccc2)COC(=O)c2ccccc2)cc1.O=C(O)c1ccccc1. The van der Waals surface area contributed by atoms with Crippen LogP contribution in [-0.2, 0) is 35.0 Å². The number of methoxy groups -OCH3 is 1.